The Bertz CT molecular complexity index is 303. The molecule has 2 rings (SSSR count). The SMILES string of the molecule is CC1(NC2=CC(=O)CC2)CC=CCC1. The van der Waals surface area contributed by atoms with Crippen molar-refractivity contribution < 1.29 is 4.79 Å². The third-order valence-electron chi connectivity index (χ3n) is 3.04. The number of carbonyl (C=O) groups is 1. The first-order chi connectivity index (χ1) is 6.68. The van der Waals surface area contributed by atoms with E-state index in [4.69, 9.17) is 0 Å². The Kier molecular flexibility index (Phi) is 2.44. The zero-order valence-electron chi connectivity index (χ0n) is 8.68. The van der Waals surface area contributed by atoms with E-state index in [-0.39, 0.29) is 11.3 Å². The second kappa shape index (κ2) is 3.60. The van der Waals surface area contributed by atoms with Crippen molar-refractivity contribution in [1.82, 2.24) is 5.32 Å². The van der Waals surface area contributed by atoms with Gasteiger partial charge >= 0.3 is 0 Å². The van der Waals surface area contributed by atoms with Gasteiger partial charge in [-0.2, -0.15) is 0 Å². The predicted molar refractivity (Wildman–Crippen MR) is 56.9 cm³/mol. The van der Waals surface area contributed by atoms with Gasteiger partial charge in [-0.05, 0) is 32.6 Å². The highest BCUT2D eigenvalue weighted by Crippen LogP contribution is 2.26. The summed E-state index contributed by atoms with van der Waals surface area (Å²) in [6.45, 7) is 2.24. The molecule has 0 radical (unpaired) electrons. The standard InChI is InChI=1S/C12H17NO/c1-12(7-3-2-4-8-12)13-10-5-6-11(14)9-10/h2-3,9,13H,4-8H2,1H3. The van der Waals surface area contributed by atoms with E-state index in [0.29, 0.717) is 6.42 Å². The monoisotopic (exact) mass is 191 g/mol. The van der Waals surface area contributed by atoms with Crippen molar-refractivity contribution in [2.24, 2.45) is 0 Å². The Balaban J connectivity index is 1.99. The molecule has 1 atom stereocenters. The Morgan fingerprint density at radius 2 is 2.21 bits per heavy atom. The van der Waals surface area contributed by atoms with Crippen molar-refractivity contribution in [2.45, 2.75) is 44.6 Å². The van der Waals surface area contributed by atoms with Crippen molar-refractivity contribution in [3.63, 3.8) is 0 Å². The van der Waals surface area contributed by atoms with E-state index in [0.717, 1.165) is 31.4 Å². The quantitative estimate of drug-likeness (QED) is 0.679. The summed E-state index contributed by atoms with van der Waals surface area (Å²) in [4.78, 5) is 11.1. The van der Waals surface area contributed by atoms with Gasteiger partial charge in [0, 0.05) is 23.7 Å². The van der Waals surface area contributed by atoms with Gasteiger partial charge in [-0.15, -0.1) is 0 Å². The molecule has 0 fully saturated rings. The summed E-state index contributed by atoms with van der Waals surface area (Å²) in [6.07, 6.45) is 11.2. The molecular weight excluding hydrogens is 174 g/mol. The van der Waals surface area contributed by atoms with Crippen LogP contribution in [0.3, 0.4) is 0 Å². The normalized spacial score (nSPS) is 31.8. The molecule has 2 heteroatoms. The second-order valence-corrected chi connectivity index (χ2v) is 4.54. The summed E-state index contributed by atoms with van der Waals surface area (Å²) < 4.78 is 0. The van der Waals surface area contributed by atoms with Gasteiger partial charge in [0.2, 0.25) is 0 Å². The van der Waals surface area contributed by atoms with Crippen LogP contribution < -0.4 is 5.32 Å². The minimum atomic E-state index is 0.172. The molecule has 0 amide bonds. The van der Waals surface area contributed by atoms with Crippen LogP contribution >= 0.6 is 0 Å². The maximum atomic E-state index is 11.1. The van der Waals surface area contributed by atoms with Crippen LogP contribution in [0.5, 0.6) is 0 Å². The lowest BCUT2D eigenvalue weighted by atomic mass is 9.87. The molecule has 0 saturated heterocycles. The van der Waals surface area contributed by atoms with Crippen molar-refractivity contribution >= 4 is 5.78 Å². The molecule has 1 N–H and O–H groups in total. The van der Waals surface area contributed by atoms with Gasteiger partial charge in [0.25, 0.3) is 0 Å². The zero-order chi connectivity index (χ0) is 10.0. The fourth-order valence-electron chi connectivity index (χ4n) is 2.16. The molecule has 2 aliphatic carbocycles. The molecule has 1 unspecified atom stereocenters. The third-order valence-corrected chi connectivity index (χ3v) is 3.04. The first-order valence-corrected chi connectivity index (χ1v) is 5.35. The molecule has 2 nitrogen and oxygen atoms in total. The highest BCUT2D eigenvalue weighted by molar-refractivity contribution is 5.92. The molecule has 76 valence electrons. The number of ketones is 1. The summed E-state index contributed by atoms with van der Waals surface area (Å²) in [5.74, 6) is 0.266. The Hall–Kier alpha value is -1.05. The zero-order valence-corrected chi connectivity index (χ0v) is 8.68. The van der Waals surface area contributed by atoms with E-state index >= 15 is 0 Å². The van der Waals surface area contributed by atoms with Crippen LogP contribution in [0.4, 0.5) is 0 Å². The van der Waals surface area contributed by atoms with Gasteiger partial charge in [-0.1, -0.05) is 12.2 Å². The van der Waals surface area contributed by atoms with Gasteiger partial charge in [-0.25, -0.2) is 0 Å². The van der Waals surface area contributed by atoms with E-state index in [1.165, 1.54) is 0 Å². The van der Waals surface area contributed by atoms with Crippen molar-refractivity contribution in [1.29, 1.82) is 0 Å². The molecule has 0 aromatic carbocycles. The van der Waals surface area contributed by atoms with Gasteiger partial charge < -0.3 is 5.32 Å². The molecular formula is C12H17NO. The maximum absolute atomic E-state index is 11.1. The molecule has 0 spiro atoms. The lowest BCUT2D eigenvalue weighted by Crippen LogP contribution is -2.41. The smallest absolute Gasteiger partial charge is 0.157 e. The molecule has 14 heavy (non-hydrogen) atoms. The Morgan fingerprint density at radius 1 is 1.36 bits per heavy atom. The maximum Gasteiger partial charge on any atom is 0.157 e. The van der Waals surface area contributed by atoms with Crippen molar-refractivity contribution in [3.8, 4) is 0 Å². The van der Waals surface area contributed by atoms with E-state index in [1.54, 1.807) is 6.08 Å². The number of allylic oxidation sites excluding steroid dienone is 3. The van der Waals surface area contributed by atoms with Crippen LogP contribution in [0.2, 0.25) is 0 Å². The molecule has 0 heterocycles. The van der Waals surface area contributed by atoms with Crippen LogP contribution in [0.25, 0.3) is 0 Å². The highest BCUT2D eigenvalue weighted by atomic mass is 16.1. The lowest BCUT2D eigenvalue weighted by Gasteiger charge is -2.33. The minimum Gasteiger partial charge on any atom is -0.383 e. The van der Waals surface area contributed by atoms with Crippen LogP contribution in [-0.2, 0) is 4.79 Å². The van der Waals surface area contributed by atoms with E-state index in [9.17, 15) is 4.79 Å². The fourth-order valence-corrected chi connectivity index (χ4v) is 2.16. The van der Waals surface area contributed by atoms with Crippen LogP contribution in [0, 0.1) is 0 Å². The highest BCUT2D eigenvalue weighted by Gasteiger charge is 2.26. The summed E-state index contributed by atoms with van der Waals surface area (Å²) in [5.41, 5.74) is 1.30. The summed E-state index contributed by atoms with van der Waals surface area (Å²) in [7, 11) is 0. The molecule has 0 saturated carbocycles. The van der Waals surface area contributed by atoms with E-state index in [2.05, 4.69) is 24.4 Å². The predicted octanol–water partition coefficient (Wildman–Crippen LogP) is 2.32. The molecule has 0 aromatic heterocycles. The number of hydrogen-bond acceptors (Lipinski definition) is 2. The van der Waals surface area contributed by atoms with Crippen LogP contribution in [0.15, 0.2) is 23.9 Å². The van der Waals surface area contributed by atoms with Crippen molar-refractivity contribution in [2.75, 3.05) is 0 Å². The minimum absolute atomic E-state index is 0.172. The summed E-state index contributed by atoms with van der Waals surface area (Å²) >= 11 is 0. The van der Waals surface area contributed by atoms with E-state index < -0.39 is 0 Å². The summed E-state index contributed by atoms with van der Waals surface area (Å²) in [6, 6.07) is 0. The number of hydrogen-bond donors (Lipinski definition) is 1. The van der Waals surface area contributed by atoms with Gasteiger partial charge in [-0.3, -0.25) is 4.79 Å². The largest absolute Gasteiger partial charge is 0.383 e. The van der Waals surface area contributed by atoms with Crippen molar-refractivity contribution in [3.05, 3.63) is 23.9 Å². The molecule has 0 bridgehead atoms. The fraction of sp³-hybridized carbons (Fsp3) is 0.583. The van der Waals surface area contributed by atoms with Gasteiger partial charge in [0.05, 0.1) is 0 Å². The first-order valence-electron chi connectivity index (χ1n) is 5.35. The molecule has 0 aliphatic heterocycles. The lowest BCUT2D eigenvalue weighted by molar-refractivity contribution is -0.114. The third kappa shape index (κ3) is 2.06. The van der Waals surface area contributed by atoms with Crippen LogP contribution in [-0.4, -0.2) is 11.3 Å². The van der Waals surface area contributed by atoms with Gasteiger partial charge in [0.15, 0.2) is 5.78 Å². The number of rotatable bonds is 2. The first kappa shape index (κ1) is 9.50. The van der Waals surface area contributed by atoms with Gasteiger partial charge in [0.1, 0.15) is 0 Å². The molecule has 2 aliphatic rings. The number of carbonyl (C=O) groups excluding carboxylic acids is 1. The average molecular weight is 191 g/mol. The second-order valence-electron chi connectivity index (χ2n) is 4.54. The van der Waals surface area contributed by atoms with E-state index in [1.807, 2.05) is 0 Å². The average Bonchev–Trinajstić information content (AvgIpc) is 2.51. The number of nitrogens with one attached hydrogen (secondary N) is 1. The van der Waals surface area contributed by atoms with Crippen LogP contribution in [0.1, 0.15) is 39.0 Å². The summed E-state index contributed by atoms with van der Waals surface area (Å²) in [5, 5.41) is 3.51. The Morgan fingerprint density at radius 3 is 2.79 bits per heavy atom. The Labute approximate surface area is 85.1 Å². The topological polar surface area (TPSA) is 29.1 Å². The molecule has 0 aromatic rings.